The highest BCUT2D eigenvalue weighted by Crippen LogP contribution is 2.19. The SMILES string of the molecule is CCn1c(CCNC(=O)c2ccc(S(=O)(=O)Nc3ccccc3C)cc2)n[nH]c1=S. The maximum Gasteiger partial charge on any atom is 0.261 e. The Labute approximate surface area is 180 Å². The minimum Gasteiger partial charge on any atom is -0.352 e. The minimum atomic E-state index is -3.74. The molecule has 8 nitrogen and oxygen atoms in total. The fraction of sp³-hybridized carbons (Fsp3) is 0.250. The summed E-state index contributed by atoms with van der Waals surface area (Å²) in [6, 6.07) is 12.9. The van der Waals surface area contributed by atoms with Crippen molar-refractivity contribution in [2.45, 2.75) is 31.7 Å². The molecule has 30 heavy (non-hydrogen) atoms. The van der Waals surface area contributed by atoms with Crippen LogP contribution in [0.25, 0.3) is 0 Å². The summed E-state index contributed by atoms with van der Waals surface area (Å²) in [5.74, 6) is 0.481. The van der Waals surface area contributed by atoms with Crippen LogP contribution < -0.4 is 10.0 Å². The molecule has 10 heteroatoms. The van der Waals surface area contributed by atoms with Gasteiger partial charge >= 0.3 is 0 Å². The van der Waals surface area contributed by atoms with E-state index in [1.807, 2.05) is 30.5 Å². The molecule has 0 unspecified atom stereocenters. The number of aryl methyl sites for hydroxylation is 1. The molecule has 0 fully saturated rings. The van der Waals surface area contributed by atoms with Crippen molar-refractivity contribution in [2.75, 3.05) is 11.3 Å². The third kappa shape index (κ3) is 4.95. The Hall–Kier alpha value is -2.98. The molecule has 0 aliphatic heterocycles. The number of hydrogen-bond acceptors (Lipinski definition) is 5. The Bertz CT molecular complexity index is 1200. The van der Waals surface area contributed by atoms with Gasteiger partial charge in [-0.2, -0.15) is 5.10 Å². The van der Waals surface area contributed by atoms with Crippen molar-refractivity contribution in [1.29, 1.82) is 0 Å². The van der Waals surface area contributed by atoms with Crippen molar-refractivity contribution in [3.05, 3.63) is 70.3 Å². The van der Waals surface area contributed by atoms with Crippen molar-refractivity contribution < 1.29 is 13.2 Å². The molecule has 158 valence electrons. The maximum absolute atomic E-state index is 12.6. The van der Waals surface area contributed by atoms with Gasteiger partial charge in [0, 0.05) is 25.1 Å². The highest BCUT2D eigenvalue weighted by Gasteiger charge is 2.16. The summed E-state index contributed by atoms with van der Waals surface area (Å²) < 4.78 is 30.2. The van der Waals surface area contributed by atoms with E-state index < -0.39 is 10.0 Å². The summed E-state index contributed by atoms with van der Waals surface area (Å²) >= 11 is 5.14. The van der Waals surface area contributed by atoms with E-state index >= 15 is 0 Å². The van der Waals surface area contributed by atoms with E-state index in [9.17, 15) is 13.2 Å². The van der Waals surface area contributed by atoms with Gasteiger partial charge < -0.3 is 9.88 Å². The molecule has 0 aliphatic rings. The summed E-state index contributed by atoms with van der Waals surface area (Å²) in [5, 5.41) is 9.70. The van der Waals surface area contributed by atoms with E-state index in [0.29, 0.717) is 35.5 Å². The van der Waals surface area contributed by atoms with Gasteiger partial charge in [-0.25, -0.2) is 8.42 Å². The molecule has 0 spiro atoms. The van der Waals surface area contributed by atoms with Gasteiger partial charge in [0.1, 0.15) is 5.82 Å². The number of nitrogens with one attached hydrogen (secondary N) is 3. The van der Waals surface area contributed by atoms with Crippen LogP contribution in [0.1, 0.15) is 28.7 Å². The first kappa shape index (κ1) is 21.7. The van der Waals surface area contributed by atoms with Gasteiger partial charge in [-0.1, -0.05) is 18.2 Å². The van der Waals surface area contributed by atoms with Crippen LogP contribution in [0, 0.1) is 11.7 Å². The van der Waals surface area contributed by atoms with Gasteiger partial charge in [-0.05, 0) is 62.0 Å². The van der Waals surface area contributed by atoms with Gasteiger partial charge in [0.25, 0.3) is 15.9 Å². The first-order chi connectivity index (χ1) is 14.3. The standard InChI is InChI=1S/C20H23N5O3S2/c1-3-25-18(22-23-20(25)29)12-13-21-19(26)15-8-10-16(11-9-15)30(27,28)24-17-7-5-4-6-14(17)2/h4-11,24H,3,12-13H2,1-2H3,(H,21,26)(H,23,29). The monoisotopic (exact) mass is 445 g/mol. The van der Waals surface area contributed by atoms with Crippen LogP contribution in [0.2, 0.25) is 0 Å². The van der Waals surface area contributed by atoms with E-state index in [-0.39, 0.29) is 10.8 Å². The Kier molecular flexibility index (Phi) is 6.68. The number of aromatic amines is 1. The van der Waals surface area contributed by atoms with Crippen LogP contribution in [0.5, 0.6) is 0 Å². The highest BCUT2D eigenvalue weighted by atomic mass is 32.2. The van der Waals surface area contributed by atoms with Gasteiger partial charge in [0.2, 0.25) is 0 Å². The molecule has 0 saturated carbocycles. The second-order valence-electron chi connectivity index (χ2n) is 6.64. The van der Waals surface area contributed by atoms with Crippen molar-refractivity contribution >= 4 is 33.8 Å². The molecule has 0 bridgehead atoms. The fourth-order valence-corrected chi connectivity index (χ4v) is 4.34. The predicted octanol–water partition coefficient (Wildman–Crippen LogP) is 3.04. The summed E-state index contributed by atoms with van der Waals surface area (Å²) in [7, 11) is -3.74. The number of amides is 1. The van der Waals surface area contributed by atoms with Crippen molar-refractivity contribution in [1.82, 2.24) is 20.1 Å². The maximum atomic E-state index is 12.6. The number of H-pyrrole nitrogens is 1. The molecule has 3 rings (SSSR count). The Balaban J connectivity index is 1.62. The van der Waals surface area contributed by atoms with Crippen molar-refractivity contribution in [3.8, 4) is 0 Å². The van der Waals surface area contributed by atoms with E-state index in [4.69, 9.17) is 12.2 Å². The number of benzene rings is 2. The van der Waals surface area contributed by atoms with Crippen molar-refractivity contribution in [2.24, 2.45) is 0 Å². The van der Waals surface area contributed by atoms with Crippen molar-refractivity contribution in [3.63, 3.8) is 0 Å². The van der Waals surface area contributed by atoms with Crippen LogP contribution in [0.3, 0.4) is 0 Å². The summed E-state index contributed by atoms with van der Waals surface area (Å²) in [5.41, 5.74) is 1.71. The predicted molar refractivity (Wildman–Crippen MR) is 118 cm³/mol. The van der Waals surface area contributed by atoms with E-state index in [1.165, 1.54) is 24.3 Å². The number of para-hydroxylation sites is 1. The third-order valence-corrected chi connectivity index (χ3v) is 6.30. The molecule has 1 amide bonds. The highest BCUT2D eigenvalue weighted by molar-refractivity contribution is 7.92. The van der Waals surface area contributed by atoms with Gasteiger partial charge in [-0.3, -0.25) is 14.6 Å². The molecule has 0 radical (unpaired) electrons. The van der Waals surface area contributed by atoms with Crippen LogP contribution in [0.15, 0.2) is 53.4 Å². The zero-order chi connectivity index (χ0) is 21.7. The zero-order valence-electron chi connectivity index (χ0n) is 16.7. The third-order valence-electron chi connectivity index (χ3n) is 4.60. The second kappa shape index (κ2) is 9.23. The lowest BCUT2D eigenvalue weighted by Gasteiger charge is -2.11. The number of hydrogen-bond donors (Lipinski definition) is 3. The Morgan fingerprint density at radius 2 is 1.87 bits per heavy atom. The summed E-state index contributed by atoms with van der Waals surface area (Å²) in [6.45, 7) is 4.88. The molecular formula is C20H23N5O3S2. The quantitative estimate of drug-likeness (QED) is 0.462. The summed E-state index contributed by atoms with van der Waals surface area (Å²) in [4.78, 5) is 12.4. The minimum absolute atomic E-state index is 0.0841. The smallest absolute Gasteiger partial charge is 0.261 e. The largest absolute Gasteiger partial charge is 0.352 e. The first-order valence-electron chi connectivity index (χ1n) is 9.42. The van der Waals surface area contributed by atoms with Gasteiger partial charge in [0.15, 0.2) is 4.77 Å². The average molecular weight is 446 g/mol. The van der Waals surface area contributed by atoms with Crippen LogP contribution >= 0.6 is 12.2 Å². The lowest BCUT2D eigenvalue weighted by Crippen LogP contribution is -2.26. The number of sulfonamides is 1. The second-order valence-corrected chi connectivity index (χ2v) is 8.71. The molecule has 1 aromatic heterocycles. The van der Waals surface area contributed by atoms with Crippen LogP contribution in [-0.2, 0) is 23.0 Å². The number of aromatic nitrogens is 3. The summed E-state index contributed by atoms with van der Waals surface area (Å²) in [6.07, 6.45) is 0.527. The number of rotatable bonds is 8. The zero-order valence-corrected chi connectivity index (χ0v) is 18.3. The lowest BCUT2D eigenvalue weighted by atomic mass is 10.2. The fourth-order valence-electron chi connectivity index (χ4n) is 2.93. The van der Waals surface area contributed by atoms with Crippen LogP contribution in [0.4, 0.5) is 5.69 Å². The molecule has 0 atom stereocenters. The van der Waals surface area contributed by atoms with Gasteiger partial charge in [-0.15, -0.1) is 0 Å². The van der Waals surface area contributed by atoms with Gasteiger partial charge in [0.05, 0.1) is 10.6 Å². The number of nitrogens with zero attached hydrogens (tertiary/aromatic N) is 2. The number of carbonyl (C=O) groups is 1. The normalized spacial score (nSPS) is 11.3. The first-order valence-corrected chi connectivity index (χ1v) is 11.3. The molecule has 2 aromatic carbocycles. The van der Waals surface area contributed by atoms with E-state index in [2.05, 4.69) is 20.2 Å². The topological polar surface area (TPSA) is 109 Å². The van der Waals surface area contributed by atoms with Crippen LogP contribution in [-0.4, -0.2) is 35.6 Å². The number of carbonyl (C=O) groups excluding carboxylic acids is 1. The molecule has 3 N–H and O–H groups in total. The number of anilines is 1. The molecule has 0 saturated heterocycles. The molecule has 3 aromatic rings. The molecule has 0 aliphatic carbocycles. The average Bonchev–Trinajstić information content (AvgIpc) is 3.09. The Morgan fingerprint density at radius 1 is 1.17 bits per heavy atom. The lowest BCUT2D eigenvalue weighted by molar-refractivity contribution is 0.0954. The molecule has 1 heterocycles. The molecular weight excluding hydrogens is 422 g/mol. The van der Waals surface area contributed by atoms with E-state index in [1.54, 1.807) is 12.1 Å². The Morgan fingerprint density at radius 3 is 2.53 bits per heavy atom. The van der Waals surface area contributed by atoms with E-state index in [0.717, 1.165) is 11.4 Å².